The molecule has 2 heterocycles. The van der Waals surface area contributed by atoms with Gasteiger partial charge in [-0.15, -0.1) is 0 Å². The maximum atomic E-state index is 13.4. The Morgan fingerprint density at radius 3 is 2.48 bits per heavy atom. The molecule has 31 heavy (non-hydrogen) atoms. The molecule has 168 valence electrons. The fraction of sp³-hybridized carbons (Fsp3) is 0.542. The number of nitrogens with zero attached hydrogens (tertiary/aromatic N) is 4. The van der Waals surface area contributed by atoms with Crippen molar-refractivity contribution in [2.45, 2.75) is 58.1 Å². The summed E-state index contributed by atoms with van der Waals surface area (Å²) in [5.41, 5.74) is 0.617. The van der Waals surface area contributed by atoms with Crippen molar-refractivity contribution in [3.63, 3.8) is 0 Å². The maximum absolute atomic E-state index is 13.4. The minimum atomic E-state index is -0.563. The van der Waals surface area contributed by atoms with Gasteiger partial charge in [-0.2, -0.15) is 0 Å². The van der Waals surface area contributed by atoms with Crippen LogP contribution in [0, 0.1) is 0 Å². The molecule has 0 spiro atoms. The highest BCUT2D eigenvalue weighted by Crippen LogP contribution is 2.30. The number of piperazine rings is 1. The average Bonchev–Trinajstić information content (AvgIpc) is 3.16. The second-order valence-corrected chi connectivity index (χ2v) is 9.15. The number of aromatic nitrogens is 2. The van der Waals surface area contributed by atoms with Gasteiger partial charge in [0.2, 0.25) is 5.91 Å². The number of amides is 2. The van der Waals surface area contributed by atoms with Gasteiger partial charge in [0.15, 0.2) is 0 Å². The molecule has 7 heteroatoms. The van der Waals surface area contributed by atoms with Gasteiger partial charge in [0, 0.05) is 39.0 Å². The minimum Gasteiger partial charge on any atom is -0.444 e. The van der Waals surface area contributed by atoms with Gasteiger partial charge in [0.1, 0.15) is 17.5 Å². The Kier molecular flexibility index (Phi) is 7.03. The molecule has 0 bridgehead atoms. The summed E-state index contributed by atoms with van der Waals surface area (Å²) in [6.07, 6.45) is 4.57. The SMILES string of the molecule is CC[C@H](CC(=O)N1CCN(C(=O)OC(C)(C)C)C[C@@H]1c1nccn1C)c1ccccc1. The predicted octanol–water partition coefficient (Wildman–Crippen LogP) is 4.12. The molecule has 2 amide bonds. The zero-order chi connectivity index (χ0) is 22.6. The highest BCUT2D eigenvalue weighted by atomic mass is 16.6. The summed E-state index contributed by atoms with van der Waals surface area (Å²) in [5, 5.41) is 0. The van der Waals surface area contributed by atoms with Gasteiger partial charge in [-0.3, -0.25) is 4.79 Å². The number of rotatable bonds is 5. The lowest BCUT2D eigenvalue weighted by atomic mass is 9.92. The molecule has 2 aromatic rings. The molecule has 1 fully saturated rings. The highest BCUT2D eigenvalue weighted by molar-refractivity contribution is 5.78. The molecular formula is C24H34N4O3. The van der Waals surface area contributed by atoms with E-state index >= 15 is 0 Å². The topological polar surface area (TPSA) is 67.7 Å². The van der Waals surface area contributed by atoms with E-state index in [9.17, 15) is 9.59 Å². The molecular weight excluding hydrogens is 392 g/mol. The number of hydrogen-bond acceptors (Lipinski definition) is 4. The van der Waals surface area contributed by atoms with Gasteiger partial charge in [-0.05, 0) is 38.7 Å². The molecule has 7 nitrogen and oxygen atoms in total. The summed E-state index contributed by atoms with van der Waals surface area (Å²) in [5.74, 6) is 1.03. The van der Waals surface area contributed by atoms with Crippen LogP contribution in [-0.2, 0) is 16.6 Å². The third-order valence-electron chi connectivity index (χ3n) is 5.69. The molecule has 1 aromatic carbocycles. The predicted molar refractivity (Wildman–Crippen MR) is 120 cm³/mol. The first-order chi connectivity index (χ1) is 14.7. The van der Waals surface area contributed by atoms with Crippen molar-refractivity contribution in [1.29, 1.82) is 0 Å². The molecule has 1 saturated heterocycles. The van der Waals surface area contributed by atoms with E-state index in [2.05, 4.69) is 24.0 Å². The standard InChI is InChI=1S/C24H34N4O3/c1-6-18(19-10-8-7-9-11-19)16-21(29)28-15-14-27(23(30)31-24(2,3)4)17-20(28)22-25-12-13-26(22)5/h7-13,18,20H,6,14-17H2,1-5H3/t18-,20-/m1/s1. The number of carbonyl (C=O) groups excluding carboxylic acids is 2. The summed E-state index contributed by atoms with van der Waals surface area (Å²) in [6, 6.07) is 9.88. The van der Waals surface area contributed by atoms with Crippen LogP contribution in [0.15, 0.2) is 42.7 Å². The zero-order valence-electron chi connectivity index (χ0n) is 19.2. The lowest BCUT2D eigenvalue weighted by Gasteiger charge is -2.41. The summed E-state index contributed by atoms with van der Waals surface area (Å²) in [7, 11) is 1.91. The first-order valence-electron chi connectivity index (χ1n) is 11.0. The average molecular weight is 427 g/mol. The summed E-state index contributed by atoms with van der Waals surface area (Å²) in [4.78, 5) is 34.1. The Bertz CT molecular complexity index is 888. The zero-order valence-corrected chi connectivity index (χ0v) is 19.2. The fourth-order valence-corrected chi connectivity index (χ4v) is 4.04. The van der Waals surface area contributed by atoms with Gasteiger partial charge in [0.05, 0.1) is 6.54 Å². The maximum Gasteiger partial charge on any atom is 0.410 e. The molecule has 0 unspecified atom stereocenters. The summed E-state index contributed by atoms with van der Waals surface area (Å²) < 4.78 is 7.48. The van der Waals surface area contributed by atoms with Crippen molar-refractivity contribution < 1.29 is 14.3 Å². The van der Waals surface area contributed by atoms with E-state index in [4.69, 9.17) is 4.74 Å². The van der Waals surface area contributed by atoms with E-state index in [-0.39, 0.29) is 24.0 Å². The van der Waals surface area contributed by atoms with E-state index in [1.54, 1.807) is 11.1 Å². The number of aryl methyl sites for hydroxylation is 1. The van der Waals surface area contributed by atoms with Crippen molar-refractivity contribution in [2.24, 2.45) is 7.05 Å². The van der Waals surface area contributed by atoms with Gasteiger partial charge in [0.25, 0.3) is 0 Å². The quantitative estimate of drug-likeness (QED) is 0.721. The van der Waals surface area contributed by atoms with Crippen LogP contribution in [0.1, 0.15) is 63.9 Å². The molecule has 1 aliphatic rings. The van der Waals surface area contributed by atoms with E-state index in [1.165, 1.54) is 5.56 Å². The van der Waals surface area contributed by atoms with Crippen molar-refractivity contribution in [3.05, 3.63) is 54.1 Å². The largest absolute Gasteiger partial charge is 0.444 e. The van der Waals surface area contributed by atoms with Gasteiger partial charge in [-0.1, -0.05) is 37.3 Å². The number of ether oxygens (including phenoxy) is 1. The molecule has 1 aliphatic heterocycles. The third kappa shape index (κ3) is 5.66. The van der Waals surface area contributed by atoms with Crippen LogP contribution in [0.4, 0.5) is 4.79 Å². The second kappa shape index (κ2) is 9.54. The normalized spacial score (nSPS) is 18.0. The summed E-state index contributed by atoms with van der Waals surface area (Å²) >= 11 is 0. The van der Waals surface area contributed by atoms with Crippen LogP contribution in [0.2, 0.25) is 0 Å². The smallest absolute Gasteiger partial charge is 0.410 e. The Morgan fingerprint density at radius 1 is 1.19 bits per heavy atom. The molecule has 3 rings (SSSR count). The van der Waals surface area contributed by atoms with Crippen LogP contribution >= 0.6 is 0 Å². The lowest BCUT2D eigenvalue weighted by Crippen LogP contribution is -2.53. The van der Waals surface area contributed by atoms with E-state index < -0.39 is 5.60 Å². The number of benzene rings is 1. The number of hydrogen-bond donors (Lipinski definition) is 0. The lowest BCUT2D eigenvalue weighted by molar-refractivity contribution is -0.137. The number of imidazole rings is 1. The Labute approximate surface area is 185 Å². The van der Waals surface area contributed by atoms with Crippen molar-refractivity contribution in [1.82, 2.24) is 19.4 Å². The highest BCUT2D eigenvalue weighted by Gasteiger charge is 2.37. The van der Waals surface area contributed by atoms with Crippen LogP contribution in [0.3, 0.4) is 0 Å². The van der Waals surface area contributed by atoms with Crippen molar-refractivity contribution in [2.75, 3.05) is 19.6 Å². The van der Waals surface area contributed by atoms with Crippen LogP contribution in [0.5, 0.6) is 0 Å². The van der Waals surface area contributed by atoms with Crippen molar-refractivity contribution in [3.8, 4) is 0 Å². The molecule has 2 atom stereocenters. The van der Waals surface area contributed by atoms with E-state index in [0.29, 0.717) is 26.1 Å². The van der Waals surface area contributed by atoms with Gasteiger partial charge >= 0.3 is 6.09 Å². The Balaban J connectivity index is 1.79. The first-order valence-corrected chi connectivity index (χ1v) is 11.0. The van der Waals surface area contributed by atoms with Gasteiger partial charge in [-0.25, -0.2) is 9.78 Å². The van der Waals surface area contributed by atoms with Crippen LogP contribution in [-0.4, -0.2) is 56.6 Å². The van der Waals surface area contributed by atoms with Crippen LogP contribution in [0.25, 0.3) is 0 Å². The fourth-order valence-electron chi connectivity index (χ4n) is 4.04. The monoisotopic (exact) mass is 426 g/mol. The van der Waals surface area contributed by atoms with Crippen LogP contribution < -0.4 is 0 Å². The Morgan fingerprint density at radius 2 is 1.90 bits per heavy atom. The Hall–Kier alpha value is -2.83. The summed E-state index contributed by atoms with van der Waals surface area (Å²) in [6.45, 7) is 8.96. The van der Waals surface area contributed by atoms with Gasteiger partial charge < -0.3 is 19.1 Å². The third-order valence-corrected chi connectivity index (χ3v) is 5.69. The molecule has 0 saturated carbocycles. The van der Waals surface area contributed by atoms with E-state index in [1.807, 2.05) is 61.7 Å². The molecule has 0 radical (unpaired) electrons. The molecule has 1 aromatic heterocycles. The minimum absolute atomic E-state index is 0.0903. The van der Waals surface area contributed by atoms with E-state index in [0.717, 1.165) is 12.2 Å². The van der Waals surface area contributed by atoms with Crippen molar-refractivity contribution >= 4 is 12.0 Å². The second-order valence-electron chi connectivity index (χ2n) is 9.15. The molecule has 0 N–H and O–H groups in total. The number of carbonyl (C=O) groups is 2. The molecule has 0 aliphatic carbocycles. The first kappa shape index (κ1) is 22.8.